The van der Waals surface area contributed by atoms with Gasteiger partial charge in [-0.05, 0) is 24.3 Å². The van der Waals surface area contributed by atoms with E-state index >= 15 is 0 Å². The zero-order chi connectivity index (χ0) is 21.3. The van der Waals surface area contributed by atoms with Crippen molar-refractivity contribution in [2.45, 2.75) is 4.90 Å². The highest BCUT2D eigenvalue weighted by atomic mass is 32.2. The number of rotatable bonds is 6. The number of benzene rings is 1. The number of hydrogen-bond donors (Lipinski definition) is 1. The molecule has 0 fully saturated rings. The summed E-state index contributed by atoms with van der Waals surface area (Å²) in [5.74, 6) is -0.0296. The van der Waals surface area contributed by atoms with E-state index in [-0.39, 0.29) is 22.5 Å². The van der Waals surface area contributed by atoms with Gasteiger partial charge in [-0.2, -0.15) is 4.99 Å². The number of sulfone groups is 1. The zero-order valence-corrected chi connectivity index (χ0v) is 18.2. The summed E-state index contributed by atoms with van der Waals surface area (Å²) in [6.45, 7) is 0. The number of amidine groups is 1. The van der Waals surface area contributed by atoms with Crippen molar-refractivity contribution in [1.82, 2.24) is 4.98 Å². The smallest absolute Gasteiger partial charge is 0.260 e. The molecule has 2 aliphatic rings. The van der Waals surface area contributed by atoms with E-state index in [0.29, 0.717) is 32.6 Å². The number of aromatic nitrogens is 1. The molecule has 0 bridgehead atoms. The van der Waals surface area contributed by atoms with Crippen LogP contribution in [0.2, 0.25) is 0 Å². The standard InChI is InChI=1S/C19H16N4O4S3/c1-30(26,27)11-6-7-14-15(8-11)29-19(21-14)23-17(24)10-28-9-16-20-13-5-3-2-4-12(13)18(25)22-16/h2-8,12H,9-10H2,1H3,(H,21,23,24). The Hall–Kier alpha value is -2.63. The van der Waals surface area contributed by atoms with E-state index in [1.165, 1.54) is 29.2 Å². The number of thiazole rings is 1. The second-order valence-corrected chi connectivity index (χ2v) is 10.6. The minimum atomic E-state index is -3.31. The molecule has 1 aliphatic carbocycles. The summed E-state index contributed by atoms with van der Waals surface area (Å²) >= 11 is 2.50. The number of allylic oxidation sites excluding steroid dienone is 3. The van der Waals surface area contributed by atoms with Gasteiger partial charge < -0.3 is 5.32 Å². The van der Waals surface area contributed by atoms with Crippen LogP contribution in [0.3, 0.4) is 0 Å². The molecule has 8 nitrogen and oxygen atoms in total. The fourth-order valence-electron chi connectivity index (χ4n) is 2.86. The average molecular weight is 461 g/mol. The number of fused-ring (bicyclic) bond motifs is 2. The van der Waals surface area contributed by atoms with Gasteiger partial charge in [-0.25, -0.2) is 18.4 Å². The predicted octanol–water partition coefficient (Wildman–Crippen LogP) is 2.49. The van der Waals surface area contributed by atoms with E-state index in [2.05, 4.69) is 20.3 Å². The summed E-state index contributed by atoms with van der Waals surface area (Å²) in [4.78, 5) is 37.2. The Kier molecular flexibility index (Phi) is 5.67. The summed E-state index contributed by atoms with van der Waals surface area (Å²) < 4.78 is 24.0. The predicted molar refractivity (Wildman–Crippen MR) is 120 cm³/mol. The SMILES string of the molecule is CS(=O)(=O)c1ccc2nc(NC(=O)CSCC3=NC(=O)C4C=CC=CC4=N3)sc2c1. The van der Waals surface area contributed by atoms with Gasteiger partial charge in [-0.3, -0.25) is 9.59 Å². The summed E-state index contributed by atoms with van der Waals surface area (Å²) in [5, 5.41) is 3.11. The number of hydrogen-bond acceptors (Lipinski definition) is 8. The van der Waals surface area contributed by atoms with Crippen LogP contribution >= 0.6 is 23.1 Å². The monoisotopic (exact) mass is 460 g/mol. The number of nitrogens with one attached hydrogen (secondary N) is 1. The van der Waals surface area contributed by atoms with Crippen molar-refractivity contribution in [3.05, 3.63) is 42.5 Å². The van der Waals surface area contributed by atoms with E-state index in [9.17, 15) is 18.0 Å². The lowest BCUT2D eigenvalue weighted by Gasteiger charge is -2.17. The minimum absolute atomic E-state index is 0.141. The van der Waals surface area contributed by atoms with E-state index in [1.54, 1.807) is 30.4 Å². The molecule has 1 aromatic carbocycles. The molecule has 1 unspecified atom stereocenters. The highest BCUT2D eigenvalue weighted by Gasteiger charge is 2.26. The van der Waals surface area contributed by atoms with Gasteiger partial charge in [-0.1, -0.05) is 29.6 Å². The first kappa shape index (κ1) is 20.6. The molecule has 0 saturated heterocycles. The number of nitrogens with zero attached hydrogens (tertiary/aromatic N) is 3. The number of anilines is 1. The Morgan fingerprint density at radius 3 is 2.90 bits per heavy atom. The maximum Gasteiger partial charge on any atom is 0.260 e. The highest BCUT2D eigenvalue weighted by Crippen LogP contribution is 2.28. The molecule has 1 aliphatic heterocycles. The second-order valence-electron chi connectivity index (χ2n) is 6.59. The number of thioether (sulfide) groups is 1. The Morgan fingerprint density at radius 1 is 1.27 bits per heavy atom. The first-order chi connectivity index (χ1) is 14.3. The molecule has 0 radical (unpaired) electrons. The Bertz CT molecular complexity index is 1270. The number of amides is 2. The molecular formula is C19H16N4O4S3. The fourth-order valence-corrected chi connectivity index (χ4v) is 5.18. The molecule has 1 aromatic heterocycles. The molecule has 30 heavy (non-hydrogen) atoms. The number of carbonyl (C=O) groups excluding carboxylic acids is 2. The van der Waals surface area contributed by atoms with Crippen LogP contribution in [-0.4, -0.2) is 54.5 Å². The van der Waals surface area contributed by atoms with Crippen LogP contribution in [0.4, 0.5) is 5.13 Å². The molecule has 11 heteroatoms. The molecule has 2 amide bonds. The van der Waals surface area contributed by atoms with Crippen molar-refractivity contribution in [2.75, 3.05) is 23.1 Å². The molecule has 0 saturated carbocycles. The lowest BCUT2D eigenvalue weighted by Crippen LogP contribution is -2.27. The zero-order valence-electron chi connectivity index (χ0n) is 15.7. The van der Waals surface area contributed by atoms with Crippen LogP contribution in [0.5, 0.6) is 0 Å². The molecular weight excluding hydrogens is 444 g/mol. The molecule has 2 heterocycles. The van der Waals surface area contributed by atoms with Crippen molar-refractivity contribution >= 4 is 71.6 Å². The number of carbonyl (C=O) groups is 2. The topological polar surface area (TPSA) is 118 Å². The first-order valence-electron chi connectivity index (χ1n) is 8.83. The van der Waals surface area contributed by atoms with Crippen LogP contribution in [0, 0.1) is 5.92 Å². The van der Waals surface area contributed by atoms with E-state index in [1.807, 2.05) is 6.08 Å². The van der Waals surface area contributed by atoms with E-state index < -0.39 is 15.8 Å². The normalized spacial score (nSPS) is 18.2. The van der Waals surface area contributed by atoms with Gasteiger partial charge in [0.05, 0.1) is 32.3 Å². The van der Waals surface area contributed by atoms with Gasteiger partial charge >= 0.3 is 0 Å². The lowest BCUT2D eigenvalue weighted by atomic mass is 9.97. The molecule has 1 N–H and O–H groups in total. The third kappa shape index (κ3) is 4.58. The molecule has 4 rings (SSSR count). The molecule has 154 valence electrons. The third-order valence-electron chi connectivity index (χ3n) is 4.26. The van der Waals surface area contributed by atoms with Crippen molar-refractivity contribution in [2.24, 2.45) is 15.9 Å². The van der Waals surface area contributed by atoms with Crippen LogP contribution in [0.25, 0.3) is 10.2 Å². The highest BCUT2D eigenvalue weighted by molar-refractivity contribution is 8.00. The van der Waals surface area contributed by atoms with Gasteiger partial charge in [0.25, 0.3) is 5.91 Å². The Morgan fingerprint density at radius 2 is 2.10 bits per heavy atom. The van der Waals surface area contributed by atoms with E-state index in [0.717, 1.165) is 6.26 Å². The summed E-state index contributed by atoms with van der Waals surface area (Å²) in [6.07, 6.45) is 8.32. The van der Waals surface area contributed by atoms with Crippen LogP contribution in [0.15, 0.2) is 57.4 Å². The Balaban J connectivity index is 1.34. The van der Waals surface area contributed by atoms with Crippen LogP contribution in [-0.2, 0) is 19.4 Å². The third-order valence-corrected chi connectivity index (χ3v) is 7.23. The van der Waals surface area contributed by atoms with Gasteiger partial charge in [0, 0.05) is 6.26 Å². The van der Waals surface area contributed by atoms with Gasteiger partial charge in [0.1, 0.15) is 11.8 Å². The summed E-state index contributed by atoms with van der Waals surface area (Å²) in [6, 6.07) is 4.66. The molecule has 0 spiro atoms. The van der Waals surface area contributed by atoms with E-state index in [4.69, 9.17) is 0 Å². The maximum absolute atomic E-state index is 12.2. The quantitative estimate of drug-likeness (QED) is 0.708. The fraction of sp³-hybridized carbons (Fsp3) is 0.211. The van der Waals surface area contributed by atoms with Crippen molar-refractivity contribution in [3.63, 3.8) is 0 Å². The van der Waals surface area contributed by atoms with Crippen LogP contribution < -0.4 is 5.32 Å². The lowest BCUT2D eigenvalue weighted by molar-refractivity contribution is -0.118. The average Bonchev–Trinajstić information content (AvgIpc) is 3.08. The molecule has 2 aromatic rings. The summed E-state index contributed by atoms with van der Waals surface area (Å²) in [5.41, 5.74) is 1.28. The first-order valence-corrected chi connectivity index (χ1v) is 12.7. The van der Waals surface area contributed by atoms with Gasteiger partial charge in [0.2, 0.25) is 5.91 Å². The summed E-state index contributed by atoms with van der Waals surface area (Å²) in [7, 11) is -3.31. The van der Waals surface area contributed by atoms with Crippen molar-refractivity contribution in [3.8, 4) is 0 Å². The molecule has 1 atom stereocenters. The van der Waals surface area contributed by atoms with Crippen molar-refractivity contribution < 1.29 is 18.0 Å². The van der Waals surface area contributed by atoms with Gasteiger partial charge in [-0.15, -0.1) is 11.8 Å². The van der Waals surface area contributed by atoms with Gasteiger partial charge in [0.15, 0.2) is 15.0 Å². The second kappa shape index (κ2) is 8.25. The maximum atomic E-state index is 12.2. The van der Waals surface area contributed by atoms with Crippen molar-refractivity contribution in [1.29, 1.82) is 0 Å². The Labute approximate surface area is 180 Å². The largest absolute Gasteiger partial charge is 0.301 e. The van der Waals surface area contributed by atoms with Crippen LogP contribution in [0.1, 0.15) is 0 Å². The minimum Gasteiger partial charge on any atom is -0.301 e. The number of aliphatic imine (C=N–C) groups is 2.